The first-order valence-electron chi connectivity index (χ1n) is 4.98. The molecule has 0 fully saturated rings. The zero-order chi connectivity index (χ0) is 12.3. The van der Waals surface area contributed by atoms with Gasteiger partial charge in [-0.15, -0.1) is 0 Å². The predicted octanol–water partition coefficient (Wildman–Crippen LogP) is 0.900. The minimum Gasteiger partial charge on any atom is -0.394 e. The number of nitrogens with zero attached hydrogens (tertiary/aromatic N) is 1. The number of nitrogens with two attached hydrogens (primary N) is 1. The van der Waals surface area contributed by atoms with E-state index in [1.54, 1.807) is 23.9 Å². The summed E-state index contributed by atoms with van der Waals surface area (Å²) in [6.45, 7) is 0.575. The van der Waals surface area contributed by atoms with Crippen LogP contribution in [-0.4, -0.2) is 25.8 Å². The summed E-state index contributed by atoms with van der Waals surface area (Å²) in [7, 11) is -3.54. The summed E-state index contributed by atoms with van der Waals surface area (Å²) in [5.74, 6) is 0.616. The van der Waals surface area contributed by atoms with Gasteiger partial charge >= 0.3 is 0 Å². The number of sulfonamides is 1. The van der Waals surface area contributed by atoms with Crippen molar-refractivity contribution in [1.82, 2.24) is 0 Å². The van der Waals surface area contributed by atoms with E-state index in [1.807, 2.05) is 12.1 Å². The maximum Gasteiger partial charge on any atom is 0.213 e. The van der Waals surface area contributed by atoms with Gasteiger partial charge in [-0.05, 0) is 5.56 Å². The molecule has 17 heavy (non-hydrogen) atoms. The van der Waals surface area contributed by atoms with Crippen molar-refractivity contribution in [2.75, 3.05) is 12.4 Å². The first kappa shape index (κ1) is 12.4. The van der Waals surface area contributed by atoms with Crippen LogP contribution in [-0.2, 0) is 20.6 Å². The van der Waals surface area contributed by atoms with Gasteiger partial charge in [0.15, 0.2) is 0 Å². The molecule has 0 bridgehead atoms. The molecule has 1 aromatic carbocycles. The van der Waals surface area contributed by atoms with Crippen LogP contribution in [0.4, 0.5) is 0 Å². The Morgan fingerprint density at radius 3 is 2.82 bits per heavy atom. The topological polar surface area (TPSA) is 81.8 Å². The predicted molar refractivity (Wildman–Crippen MR) is 68.2 cm³/mol. The van der Waals surface area contributed by atoms with Crippen molar-refractivity contribution in [3.05, 3.63) is 35.4 Å². The van der Waals surface area contributed by atoms with Crippen molar-refractivity contribution in [2.24, 2.45) is 10.3 Å². The number of oxime groups is 1. The molecule has 0 radical (unpaired) electrons. The minimum absolute atomic E-state index is 0.192. The van der Waals surface area contributed by atoms with E-state index in [4.69, 9.17) is 9.98 Å². The Bertz CT molecular complexity index is 540. The molecule has 0 amide bonds. The van der Waals surface area contributed by atoms with E-state index in [1.165, 1.54) is 0 Å². The quantitative estimate of drug-likeness (QED) is 0.886. The summed E-state index contributed by atoms with van der Waals surface area (Å²) in [5.41, 5.74) is 1.41. The van der Waals surface area contributed by atoms with Gasteiger partial charge in [-0.3, -0.25) is 0 Å². The highest BCUT2D eigenvalue weighted by Gasteiger charge is 2.16. The molecule has 92 valence electrons. The fourth-order valence-electron chi connectivity index (χ4n) is 1.50. The van der Waals surface area contributed by atoms with Crippen LogP contribution in [0.3, 0.4) is 0 Å². The second kappa shape index (κ2) is 5.07. The van der Waals surface area contributed by atoms with E-state index in [2.05, 4.69) is 5.16 Å². The van der Waals surface area contributed by atoms with Crippen LogP contribution in [0.1, 0.15) is 11.1 Å². The fraction of sp³-hybridized carbons (Fsp3) is 0.300. The van der Waals surface area contributed by atoms with Gasteiger partial charge in [0, 0.05) is 11.3 Å². The van der Waals surface area contributed by atoms with E-state index < -0.39 is 10.0 Å². The smallest absolute Gasteiger partial charge is 0.213 e. The zero-order valence-electron chi connectivity index (χ0n) is 9.00. The highest BCUT2D eigenvalue weighted by atomic mass is 32.2. The second-order valence-corrected chi connectivity index (χ2v) is 6.24. The highest BCUT2D eigenvalue weighted by molar-refractivity contribution is 8.14. The summed E-state index contributed by atoms with van der Waals surface area (Å²) in [6, 6.07) is 7.16. The van der Waals surface area contributed by atoms with Crippen molar-refractivity contribution >= 4 is 26.8 Å². The van der Waals surface area contributed by atoms with Gasteiger partial charge in [-0.1, -0.05) is 41.2 Å². The van der Waals surface area contributed by atoms with Gasteiger partial charge in [0.25, 0.3) is 0 Å². The summed E-state index contributed by atoms with van der Waals surface area (Å²) >= 11 is 1.55. The van der Waals surface area contributed by atoms with Crippen LogP contribution in [0, 0.1) is 0 Å². The van der Waals surface area contributed by atoms with Crippen LogP contribution in [0.15, 0.2) is 29.4 Å². The molecule has 2 N–H and O–H groups in total. The Kier molecular flexibility index (Phi) is 3.70. The SMILES string of the molecule is NS(=O)(=O)Cc1ccccc1C1=NOCCS1. The molecule has 1 aromatic rings. The molecule has 0 aliphatic carbocycles. The molecule has 0 unspecified atom stereocenters. The number of hydrogen-bond acceptors (Lipinski definition) is 5. The van der Waals surface area contributed by atoms with E-state index in [-0.39, 0.29) is 5.75 Å². The maximum atomic E-state index is 11.1. The summed E-state index contributed by atoms with van der Waals surface area (Å²) in [5, 5.41) is 9.70. The van der Waals surface area contributed by atoms with Crippen molar-refractivity contribution in [1.29, 1.82) is 0 Å². The Balaban J connectivity index is 2.36. The molecule has 0 saturated carbocycles. The Hall–Kier alpha value is -1.05. The Morgan fingerprint density at radius 2 is 2.18 bits per heavy atom. The lowest BCUT2D eigenvalue weighted by molar-refractivity contribution is 0.160. The van der Waals surface area contributed by atoms with E-state index in [9.17, 15) is 8.42 Å². The van der Waals surface area contributed by atoms with Gasteiger partial charge in [0.1, 0.15) is 11.7 Å². The van der Waals surface area contributed by atoms with Gasteiger partial charge in [-0.25, -0.2) is 13.6 Å². The zero-order valence-corrected chi connectivity index (χ0v) is 10.6. The maximum absolute atomic E-state index is 11.1. The normalized spacial score (nSPS) is 16.2. The van der Waals surface area contributed by atoms with Gasteiger partial charge in [0.05, 0.1) is 5.75 Å². The Morgan fingerprint density at radius 1 is 1.41 bits per heavy atom. The molecule has 0 spiro atoms. The lowest BCUT2D eigenvalue weighted by atomic mass is 10.1. The Labute approximate surface area is 104 Å². The van der Waals surface area contributed by atoms with Crippen molar-refractivity contribution in [2.45, 2.75) is 5.75 Å². The van der Waals surface area contributed by atoms with Crippen molar-refractivity contribution in [3.63, 3.8) is 0 Å². The van der Waals surface area contributed by atoms with E-state index >= 15 is 0 Å². The lowest BCUT2D eigenvalue weighted by Crippen LogP contribution is -2.17. The summed E-state index contributed by atoms with van der Waals surface area (Å²) < 4.78 is 22.3. The average molecular weight is 272 g/mol. The molecular weight excluding hydrogens is 260 g/mol. The van der Waals surface area contributed by atoms with Crippen LogP contribution >= 0.6 is 11.8 Å². The number of hydrogen-bond donors (Lipinski definition) is 1. The molecule has 1 heterocycles. The molecule has 0 aromatic heterocycles. The number of rotatable bonds is 3. The molecule has 5 nitrogen and oxygen atoms in total. The van der Waals surface area contributed by atoms with Crippen molar-refractivity contribution < 1.29 is 13.3 Å². The molecule has 2 rings (SSSR count). The number of primary sulfonamides is 1. The standard InChI is InChI=1S/C10H12N2O3S2/c11-17(13,14)7-8-3-1-2-4-9(8)10-12-15-5-6-16-10/h1-4H,5-7H2,(H2,11,13,14). The second-order valence-electron chi connectivity index (χ2n) is 3.54. The fourth-order valence-corrected chi connectivity index (χ4v) is 3.00. The average Bonchev–Trinajstić information content (AvgIpc) is 2.29. The highest BCUT2D eigenvalue weighted by Crippen LogP contribution is 2.21. The van der Waals surface area contributed by atoms with Crippen LogP contribution in [0.2, 0.25) is 0 Å². The third kappa shape index (κ3) is 3.45. The molecule has 0 atom stereocenters. The lowest BCUT2D eigenvalue weighted by Gasteiger charge is -2.14. The molecular formula is C10H12N2O3S2. The monoisotopic (exact) mass is 272 g/mol. The van der Waals surface area contributed by atoms with E-state index in [0.29, 0.717) is 17.2 Å². The molecule has 0 saturated heterocycles. The van der Waals surface area contributed by atoms with Gasteiger partial charge < -0.3 is 4.84 Å². The van der Waals surface area contributed by atoms with Crippen LogP contribution in [0.5, 0.6) is 0 Å². The van der Waals surface area contributed by atoms with Gasteiger partial charge in [-0.2, -0.15) is 0 Å². The molecule has 1 aliphatic rings. The first-order chi connectivity index (χ1) is 8.06. The summed E-state index contributed by atoms with van der Waals surface area (Å²) in [4.78, 5) is 5.01. The minimum atomic E-state index is -3.54. The van der Waals surface area contributed by atoms with E-state index in [0.717, 1.165) is 11.3 Å². The number of benzene rings is 1. The largest absolute Gasteiger partial charge is 0.394 e. The molecule has 7 heteroatoms. The van der Waals surface area contributed by atoms with Crippen LogP contribution in [0.25, 0.3) is 0 Å². The first-order valence-corrected chi connectivity index (χ1v) is 7.68. The van der Waals surface area contributed by atoms with Crippen LogP contribution < -0.4 is 5.14 Å². The number of thioether (sulfide) groups is 1. The third-order valence-corrected chi connectivity index (χ3v) is 3.82. The third-order valence-electron chi connectivity index (χ3n) is 2.17. The van der Waals surface area contributed by atoms with Gasteiger partial charge in [0.2, 0.25) is 10.0 Å². The molecule has 1 aliphatic heterocycles. The summed E-state index contributed by atoms with van der Waals surface area (Å²) in [6.07, 6.45) is 0. The van der Waals surface area contributed by atoms with Crippen molar-refractivity contribution in [3.8, 4) is 0 Å².